The van der Waals surface area contributed by atoms with E-state index < -0.39 is 10.0 Å². The van der Waals surface area contributed by atoms with Crippen LogP contribution in [0, 0.1) is 0 Å². The number of aromatic nitrogens is 3. The fraction of sp³-hybridized carbons (Fsp3) is 0.214. The van der Waals surface area contributed by atoms with Crippen LogP contribution in [-0.4, -0.2) is 29.1 Å². The average Bonchev–Trinajstić information content (AvgIpc) is 3.11. The van der Waals surface area contributed by atoms with Gasteiger partial charge in [-0.2, -0.15) is 5.10 Å². The van der Waals surface area contributed by atoms with Crippen molar-refractivity contribution in [2.45, 2.75) is 24.8 Å². The van der Waals surface area contributed by atoms with E-state index >= 15 is 0 Å². The zero-order valence-electron chi connectivity index (χ0n) is 12.9. The van der Waals surface area contributed by atoms with Gasteiger partial charge in [0, 0.05) is 12.2 Å². The van der Waals surface area contributed by atoms with Crippen LogP contribution in [0.25, 0.3) is 10.2 Å². The third-order valence-corrected chi connectivity index (χ3v) is 5.15. The highest BCUT2D eigenvalue weighted by molar-refractivity contribution is 7.89. The number of carbonyl (C=O) groups excluding carboxylic acids is 1. The van der Waals surface area contributed by atoms with Crippen molar-refractivity contribution in [3.8, 4) is 0 Å². The number of hydrogen-bond donors (Lipinski definition) is 2. The monoisotopic (exact) mass is 365 g/mol. The molecule has 0 aliphatic heterocycles. The lowest BCUT2D eigenvalue weighted by Crippen LogP contribution is -2.18. The summed E-state index contributed by atoms with van der Waals surface area (Å²) in [5.74, 6) is -0.327. The van der Waals surface area contributed by atoms with Crippen molar-refractivity contribution in [3.63, 3.8) is 0 Å². The number of hydrogen-bond acceptors (Lipinski definition) is 6. The van der Waals surface area contributed by atoms with Crippen LogP contribution in [0.15, 0.2) is 35.4 Å². The molecule has 0 saturated heterocycles. The van der Waals surface area contributed by atoms with E-state index in [2.05, 4.69) is 15.4 Å². The largest absolute Gasteiger partial charge is 0.296 e. The number of carbonyl (C=O) groups is 1. The molecule has 1 aromatic carbocycles. The topological polar surface area (TPSA) is 120 Å². The van der Waals surface area contributed by atoms with E-state index in [-0.39, 0.29) is 16.8 Å². The first kappa shape index (κ1) is 16.6. The van der Waals surface area contributed by atoms with Crippen LogP contribution in [0.4, 0.5) is 5.13 Å². The van der Waals surface area contributed by atoms with Crippen LogP contribution in [0.2, 0.25) is 0 Å². The molecular formula is C14H15N5O3S2. The van der Waals surface area contributed by atoms with Crippen molar-refractivity contribution in [2.24, 2.45) is 5.14 Å². The summed E-state index contributed by atoms with van der Waals surface area (Å²) in [5, 5.41) is 12.3. The fourth-order valence-electron chi connectivity index (χ4n) is 2.20. The molecule has 8 nitrogen and oxygen atoms in total. The molecule has 3 rings (SSSR count). The van der Waals surface area contributed by atoms with E-state index in [9.17, 15) is 13.2 Å². The molecule has 0 fully saturated rings. The Bertz CT molecular complexity index is 1020. The second-order valence-corrected chi connectivity index (χ2v) is 7.99. The Kier molecular flexibility index (Phi) is 4.11. The Labute approximate surface area is 142 Å². The van der Waals surface area contributed by atoms with Crippen molar-refractivity contribution in [1.82, 2.24) is 14.8 Å². The number of thiazole rings is 1. The molecule has 0 spiro atoms. The van der Waals surface area contributed by atoms with E-state index in [0.29, 0.717) is 21.0 Å². The van der Waals surface area contributed by atoms with Crippen molar-refractivity contribution < 1.29 is 13.2 Å². The fourth-order valence-corrected chi connectivity index (χ4v) is 3.72. The molecule has 0 aliphatic carbocycles. The van der Waals surface area contributed by atoms with E-state index in [0.717, 1.165) is 0 Å². The Morgan fingerprint density at radius 2 is 2.08 bits per heavy atom. The van der Waals surface area contributed by atoms with Gasteiger partial charge in [0.05, 0.1) is 15.1 Å². The Morgan fingerprint density at radius 3 is 2.75 bits per heavy atom. The Hall–Kier alpha value is -2.30. The standard InChI is InChI=1S/C14H15N5O3S2/c1-8(2)19-11(5-6-16-19)13(20)18-14-17-10-4-3-9(24(15,21)22)7-12(10)23-14/h3-8H,1-2H3,(H2,15,21,22)(H,17,18,20). The van der Waals surface area contributed by atoms with Crippen LogP contribution >= 0.6 is 11.3 Å². The molecule has 3 N–H and O–H groups in total. The normalized spacial score (nSPS) is 12.0. The van der Waals surface area contributed by atoms with Crippen molar-refractivity contribution in [3.05, 3.63) is 36.2 Å². The van der Waals surface area contributed by atoms with E-state index in [1.165, 1.54) is 23.5 Å². The molecule has 0 unspecified atom stereocenters. The summed E-state index contributed by atoms with van der Waals surface area (Å²) >= 11 is 1.17. The summed E-state index contributed by atoms with van der Waals surface area (Å²) in [6, 6.07) is 6.06. The predicted octanol–water partition coefficient (Wildman–Crippen LogP) is 1.97. The minimum atomic E-state index is -3.78. The number of nitrogens with two attached hydrogens (primary N) is 1. The van der Waals surface area contributed by atoms with Crippen molar-refractivity contribution in [2.75, 3.05) is 5.32 Å². The number of primary sulfonamides is 1. The van der Waals surface area contributed by atoms with Crippen LogP contribution in [-0.2, 0) is 10.0 Å². The molecule has 126 valence electrons. The smallest absolute Gasteiger partial charge is 0.275 e. The van der Waals surface area contributed by atoms with Gasteiger partial charge < -0.3 is 0 Å². The third kappa shape index (κ3) is 3.16. The second kappa shape index (κ2) is 5.96. The Morgan fingerprint density at radius 1 is 1.33 bits per heavy atom. The van der Waals surface area contributed by atoms with E-state index in [1.54, 1.807) is 23.0 Å². The van der Waals surface area contributed by atoms with Gasteiger partial charge in [0.25, 0.3) is 5.91 Å². The summed E-state index contributed by atoms with van der Waals surface area (Å²) in [6.45, 7) is 3.85. The van der Waals surface area contributed by atoms with Crippen molar-refractivity contribution >= 4 is 42.6 Å². The summed E-state index contributed by atoms with van der Waals surface area (Å²) in [6.07, 6.45) is 1.56. The molecule has 0 saturated carbocycles. The molecule has 0 atom stereocenters. The van der Waals surface area contributed by atoms with Gasteiger partial charge in [-0.15, -0.1) is 0 Å². The first-order chi connectivity index (χ1) is 11.3. The summed E-state index contributed by atoms with van der Waals surface area (Å²) in [7, 11) is -3.78. The summed E-state index contributed by atoms with van der Waals surface area (Å²) in [4.78, 5) is 16.7. The number of fused-ring (bicyclic) bond motifs is 1. The zero-order valence-corrected chi connectivity index (χ0v) is 14.6. The van der Waals surface area contributed by atoms with Gasteiger partial charge in [0.15, 0.2) is 5.13 Å². The molecule has 0 bridgehead atoms. The van der Waals surface area contributed by atoms with Gasteiger partial charge in [0.2, 0.25) is 10.0 Å². The first-order valence-corrected chi connectivity index (χ1v) is 9.40. The minimum Gasteiger partial charge on any atom is -0.296 e. The maximum atomic E-state index is 12.4. The summed E-state index contributed by atoms with van der Waals surface area (Å²) in [5.41, 5.74) is 1.01. The number of amides is 1. The number of sulfonamides is 1. The highest BCUT2D eigenvalue weighted by Gasteiger charge is 2.17. The minimum absolute atomic E-state index is 0.00871. The molecule has 1 amide bonds. The quantitative estimate of drug-likeness (QED) is 0.732. The lowest BCUT2D eigenvalue weighted by atomic mass is 10.3. The zero-order chi connectivity index (χ0) is 17.5. The van der Waals surface area contributed by atoms with Gasteiger partial charge in [-0.1, -0.05) is 11.3 Å². The number of nitrogens with zero attached hydrogens (tertiary/aromatic N) is 3. The predicted molar refractivity (Wildman–Crippen MR) is 91.6 cm³/mol. The Balaban J connectivity index is 1.90. The summed E-state index contributed by atoms with van der Waals surface area (Å²) < 4.78 is 25.0. The maximum absolute atomic E-state index is 12.4. The van der Waals surface area contributed by atoms with Crippen LogP contribution < -0.4 is 10.5 Å². The third-order valence-electron chi connectivity index (χ3n) is 3.30. The van der Waals surface area contributed by atoms with Crippen LogP contribution in [0.1, 0.15) is 30.4 Å². The lowest BCUT2D eigenvalue weighted by Gasteiger charge is -2.09. The van der Waals surface area contributed by atoms with Gasteiger partial charge >= 0.3 is 0 Å². The van der Waals surface area contributed by atoms with Crippen molar-refractivity contribution in [1.29, 1.82) is 0 Å². The van der Waals surface area contributed by atoms with Gasteiger partial charge in [-0.25, -0.2) is 18.5 Å². The highest BCUT2D eigenvalue weighted by Crippen LogP contribution is 2.28. The van der Waals surface area contributed by atoms with E-state index in [4.69, 9.17) is 5.14 Å². The molecule has 24 heavy (non-hydrogen) atoms. The molecule has 2 aromatic heterocycles. The second-order valence-electron chi connectivity index (χ2n) is 5.40. The molecule has 2 heterocycles. The van der Waals surface area contributed by atoms with Crippen LogP contribution in [0.3, 0.4) is 0 Å². The molecular weight excluding hydrogens is 350 g/mol. The maximum Gasteiger partial charge on any atom is 0.275 e. The first-order valence-electron chi connectivity index (χ1n) is 7.04. The number of benzene rings is 1. The van der Waals surface area contributed by atoms with Gasteiger partial charge in [0.1, 0.15) is 5.69 Å². The molecule has 0 aliphatic rings. The number of rotatable bonds is 4. The SMILES string of the molecule is CC(C)n1nccc1C(=O)Nc1nc2ccc(S(N)(=O)=O)cc2s1. The lowest BCUT2D eigenvalue weighted by molar-refractivity contribution is 0.101. The van der Waals surface area contributed by atoms with Crippen LogP contribution in [0.5, 0.6) is 0 Å². The molecule has 10 heteroatoms. The number of nitrogens with one attached hydrogen (secondary N) is 1. The highest BCUT2D eigenvalue weighted by atomic mass is 32.2. The molecule has 3 aromatic rings. The average molecular weight is 365 g/mol. The van der Waals surface area contributed by atoms with Gasteiger partial charge in [-0.05, 0) is 38.1 Å². The van der Waals surface area contributed by atoms with E-state index in [1.807, 2.05) is 13.8 Å². The number of anilines is 1. The molecule has 0 radical (unpaired) electrons. The van der Waals surface area contributed by atoms with Gasteiger partial charge in [-0.3, -0.25) is 14.8 Å².